The smallest absolute Gasteiger partial charge is 0.335 e. The highest BCUT2D eigenvalue weighted by molar-refractivity contribution is 5.83. The maximum absolute atomic E-state index is 10.8. The van der Waals surface area contributed by atoms with E-state index in [0.717, 1.165) is 11.6 Å². The van der Waals surface area contributed by atoms with Crippen LogP contribution in [0.2, 0.25) is 0 Å². The summed E-state index contributed by atoms with van der Waals surface area (Å²) in [5.74, 6) is 0.0573. The van der Waals surface area contributed by atoms with E-state index in [1.54, 1.807) is 18.2 Å². The van der Waals surface area contributed by atoms with Crippen LogP contribution >= 0.6 is 0 Å². The summed E-state index contributed by atoms with van der Waals surface area (Å²) < 4.78 is 4.87. The lowest BCUT2D eigenvalue weighted by Gasteiger charge is -2.00. The highest BCUT2D eigenvalue weighted by Crippen LogP contribution is 2.12. The summed E-state index contributed by atoms with van der Waals surface area (Å²) in [6.45, 7) is 6.91. The molecule has 0 bridgehead atoms. The van der Waals surface area contributed by atoms with Crippen molar-refractivity contribution in [2.75, 3.05) is 0 Å². The van der Waals surface area contributed by atoms with Crippen LogP contribution in [0.4, 0.5) is 0 Å². The third-order valence-corrected chi connectivity index (χ3v) is 1.50. The molecule has 1 rings (SSSR count). The van der Waals surface area contributed by atoms with Gasteiger partial charge in [0.2, 0.25) is 0 Å². The van der Waals surface area contributed by atoms with Gasteiger partial charge in [-0.2, -0.15) is 0 Å². The number of carbonyl (C=O) groups excluding carboxylic acids is 1. The molecule has 0 fully saturated rings. The zero-order valence-corrected chi connectivity index (χ0v) is 7.19. The third-order valence-electron chi connectivity index (χ3n) is 1.50. The Morgan fingerprint density at radius 2 is 1.85 bits per heavy atom. The lowest BCUT2D eigenvalue weighted by molar-refractivity contribution is -0.128. The first-order valence-corrected chi connectivity index (χ1v) is 3.83. The van der Waals surface area contributed by atoms with Crippen molar-refractivity contribution in [1.82, 2.24) is 0 Å². The molecule has 2 nitrogen and oxygen atoms in total. The molecule has 1 aromatic carbocycles. The molecule has 2 heteroatoms. The fraction of sp³-hybridized carbons (Fsp3) is 0. The van der Waals surface area contributed by atoms with Crippen LogP contribution in [0.3, 0.4) is 0 Å². The molecule has 0 spiro atoms. The number of ether oxygens (including phenoxy) is 1. The summed E-state index contributed by atoms with van der Waals surface area (Å²) in [6.07, 6.45) is 2.85. The van der Waals surface area contributed by atoms with Gasteiger partial charge in [-0.05, 0) is 17.7 Å². The van der Waals surface area contributed by atoms with Gasteiger partial charge in [-0.1, -0.05) is 31.4 Å². The van der Waals surface area contributed by atoms with Gasteiger partial charge < -0.3 is 4.74 Å². The summed E-state index contributed by atoms with van der Waals surface area (Å²) >= 11 is 0. The molecule has 0 aliphatic carbocycles. The maximum Gasteiger partial charge on any atom is 0.335 e. The van der Waals surface area contributed by atoms with Gasteiger partial charge in [0.05, 0.1) is 0 Å². The van der Waals surface area contributed by atoms with Crippen LogP contribution in [0.15, 0.2) is 43.5 Å². The minimum Gasteiger partial charge on any atom is -0.423 e. The Kier molecular flexibility index (Phi) is 3.03. The van der Waals surface area contributed by atoms with Crippen molar-refractivity contribution in [3.05, 3.63) is 49.1 Å². The minimum absolute atomic E-state index is 0.452. The van der Waals surface area contributed by atoms with E-state index >= 15 is 0 Å². The average molecular weight is 174 g/mol. The van der Waals surface area contributed by atoms with Crippen molar-refractivity contribution >= 4 is 12.0 Å². The Hall–Kier alpha value is -1.83. The van der Waals surface area contributed by atoms with Crippen LogP contribution in [-0.2, 0) is 4.79 Å². The van der Waals surface area contributed by atoms with Gasteiger partial charge in [-0.3, -0.25) is 0 Å². The molecule has 0 aliphatic heterocycles. The number of rotatable bonds is 3. The Labute approximate surface area is 77.2 Å². The van der Waals surface area contributed by atoms with E-state index < -0.39 is 5.97 Å². The second-order valence-electron chi connectivity index (χ2n) is 2.40. The Morgan fingerprint density at radius 1 is 1.23 bits per heavy atom. The number of hydrogen-bond donors (Lipinski definition) is 0. The quantitative estimate of drug-likeness (QED) is 0.399. The first-order valence-electron chi connectivity index (χ1n) is 3.83. The normalized spacial score (nSPS) is 8.92. The molecule has 66 valence electrons. The molecule has 0 atom stereocenters. The van der Waals surface area contributed by atoms with Gasteiger partial charge in [0.15, 0.2) is 0 Å². The van der Waals surface area contributed by atoms with Crippen LogP contribution < -0.4 is 4.74 Å². The van der Waals surface area contributed by atoms with E-state index in [-0.39, 0.29) is 0 Å². The molecule has 0 saturated carbocycles. The van der Waals surface area contributed by atoms with Crippen molar-refractivity contribution in [2.45, 2.75) is 0 Å². The van der Waals surface area contributed by atoms with E-state index in [4.69, 9.17) is 4.74 Å². The lowest BCUT2D eigenvalue weighted by Crippen LogP contribution is -2.02. The molecule has 0 heterocycles. The highest BCUT2D eigenvalue weighted by atomic mass is 16.5. The zero-order valence-electron chi connectivity index (χ0n) is 7.19. The monoisotopic (exact) mass is 174 g/mol. The van der Waals surface area contributed by atoms with Crippen LogP contribution in [0, 0.1) is 0 Å². The number of benzene rings is 1. The van der Waals surface area contributed by atoms with Crippen molar-refractivity contribution in [1.29, 1.82) is 0 Å². The second kappa shape index (κ2) is 4.26. The molecule has 13 heavy (non-hydrogen) atoms. The van der Waals surface area contributed by atoms with Crippen LogP contribution in [0.5, 0.6) is 5.75 Å². The largest absolute Gasteiger partial charge is 0.423 e. The SMILES string of the molecule is C=CC(=O)Oc1ccc(C=C)cc1. The Balaban J connectivity index is 2.74. The molecule has 0 N–H and O–H groups in total. The van der Waals surface area contributed by atoms with Gasteiger partial charge in [-0.15, -0.1) is 0 Å². The maximum atomic E-state index is 10.8. The van der Waals surface area contributed by atoms with E-state index in [0.29, 0.717) is 5.75 Å². The fourth-order valence-corrected chi connectivity index (χ4v) is 0.830. The van der Waals surface area contributed by atoms with E-state index in [1.165, 1.54) is 0 Å². The van der Waals surface area contributed by atoms with Crippen molar-refractivity contribution < 1.29 is 9.53 Å². The summed E-state index contributed by atoms with van der Waals surface area (Å²) in [7, 11) is 0. The van der Waals surface area contributed by atoms with Gasteiger partial charge in [-0.25, -0.2) is 4.79 Å². The molecular formula is C11H10O2. The van der Waals surface area contributed by atoms with Gasteiger partial charge >= 0.3 is 5.97 Å². The molecule has 0 aliphatic rings. The standard InChI is InChI=1S/C11H10O2/c1-3-9-5-7-10(8-6-9)13-11(12)4-2/h3-8H,1-2H2. The topological polar surface area (TPSA) is 26.3 Å². The molecule has 0 unspecified atom stereocenters. The molecule has 1 aromatic rings. The van der Waals surface area contributed by atoms with Crippen LogP contribution in [0.1, 0.15) is 5.56 Å². The summed E-state index contributed by atoms with van der Waals surface area (Å²) in [4.78, 5) is 10.8. The average Bonchev–Trinajstić information content (AvgIpc) is 2.19. The van der Waals surface area contributed by atoms with Crippen molar-refractivity contribution in [2.24, 2.45) is 0 Å². The number of carbonyl (C=O) groups is 1. The summed E-state index contributed by atoms with van der Waals surface area (Å²) in [6, 6.07) is 7.05. The van der Waals surface area contributed by atoms with Crippen LogP contribution in [-0.4, -0.2) is 5.97 Å². The van der Waals surface area contributed by atoms with E-state index in [2.05, 4.69) is 13.2 Å². The Bertz CT molecular complexity index is 322. The van der Waals surface area contributed by atoms with Crippen molar-refractivity contribution in [3.8, 4) is 5.75 Å². The van der Waals surface area contributed by atoms with Crippen molar-refractivity contribution in [3.63, 3.8) is 0 Å². The predicted molar refractivity (Wildman–Crippen MR) is 52.4 cm³/mol. The molecule has 0 amide bonds. The van der Waals surface area contributed by atoms with Gasteiger partial charge in [0.25, 0.3) is 0 Å². The third kappa shape index (κ3) is 2.60. The highest BCUT2D eigenvalue weighted by Gasteiger charge is 1.97. The zero-order chi connectivity index (χ0) is 9.68. The minimum atomic E-state index is -0.452. The predicted octanol–water partition coefficient (Wildman–Crippen LogP) is 2.42. The Morgan fingerprint density at radius 3 is 2.31 bits per heavy atom. The fourth-order valence-electron chi connectivity index (χ4n) is 0.830. The molecular weight excluding hydrogens is 164 g/mol. The van der Waals surface area contributed by atoms with Gasteiger partial charge in [0, 0.05) is 6.08 Å². The van der Waals surface area contributed by atoms with E-state index in [9.17, 15) is 4.79 Å². The van der Waals surface area contributed by atoms with Gasteiger partial charge in [0.1, 0.15) is 5.75 Å². The summed E-state index contributed by atoms with van der Waals surface area (Å²) in [5.41, 5.74) is 0.985. The lowest BCUT2D eigenvalue weighted by atomic mass is 10.2. The molecule has 0 aromatic heterocycles. The summed E-state index contributed by atoms with van der Waals surface area (Å²) in [5, 5.41) is 0. The first kappa shape index (κ1) is 9.26. The number of esters is 1. The molecule has 0 saturated heterocycles. The molecule has 0 radical (unpaired) electrons. The first-order chi connectivity index (χ1) is 6.26. The number of hydrogen-bond acceptors (Lipinski definition) is 2. The second-order valence-corrected chi connectivity index (χ2v) is 2.40. The van der Waals surface area contributed by atoms with Crippen LogP contribution in [0.25, 0.3) is 6.08 Å². The van der Waals surface area contributed by atoms with E-state index in [1.807, 2.05) is 12.1 Å².